The van der Waals surface area contributed by atoms with Gasteiger partial charge in [0, 0.05) is 43.7 Å². The Bertz CT molecular complexity index is 892. The molecule has 2 aromatic rings. The fourth-order valence-electron chi connectivity index (χ4n) is 4.98. The van der Waals surface area contributed by atoms with Gasteiger partial charge in [0.15, 0.2) is 0 Å². The summed E-state index contributed by atoms with van der Waals surface area (Å²) in [5, 5.41) is 13.7. The topological polar surface area (TPSA) is 83.9 Å². The molecule has 4 atom stereocenters. The second-order valence-electron chi connectivity index (χ2n) is 8.64. The lowest BCUT2D eigenvalue weighted by molar-refractivity contribution is -0.122. The van der Waals surface area contributed by atoms with Crippen LogP contribution >= 0.6 is 0 Å². The molecule has 7 heteroatoms. The number of hydrogen-bond donors (Lipinski definition) is 2. The molecule has 166 valence electrons. The number of likely N-dealkylation sites (tertiary alicyclic amines) is 1. The van der Waals surface area contributed by atoms with E-state index in [0.717, 1.165) is 55.1 Å². The molecule has 1 amide bonds. The summed E-state index contributed by atoms with van der Waals surface area (Å²) in [7, 11) is 3.33. The fraction of sp³-hybridized carbons (Fsp3) is 0.500. The van der Waals surface area contributed by atoms with Gasteiger partial charge in [-0.15, -0.1) is 0 Å². The van der Waals surface area contributed by atoms with Gasteiger partial charge in [0.2, 0.25) is 5.91 Å². The summed E-state index contributed by atoms with van der Waals surface area (Å²) in [6.07, 6.45) is 4.72. The van der Waals surface area contributed by atoms with Gasteiger partial charge in [-0.1, -0.05) is 6.07 Å². The Balaban J connectivity index is 1.34. The van der Waals surface area contributed by atoms with E-state index in [1.807, 2.05) is 24.3 Å². The predicted molar refractivity (Wildman–Crippen MR) is 117 cm³/mol. The second-order valence-corrected chi connectivity index (χ2v) is 8.64. The number of carbonyl (C=O) groups excluding carboxylic acids is 1. The fourth-order valence-corrected chi connectivity index (χ4v) is 4.98. The second kappa shape index (κ2) is 9.66. The maximum absolute atomic E-state index is 12.5. The molecule has 7 nitrogen and oxygen atoms in total. The number of hydrogen-bond acceptors (Lipinski definition) is 6. The number of nitrogens with zero attached hydrogens (tertiary/aromatic N) is 2. The van der Waals surface area contributed by atoms with Gasteiger partial charge in [0.25, 0.3) is 0 Å². The van der Waals surface area contributed by atoms with E-state index < -0.39 is 6.10 Å². The van der Waals surface area contributed by atoms with Crippen LogP contribution < -0.4 is 14.8 Å². The van der Waals surface area contributed by atoms with Crippen LogP contribution in [-0.2, 0) is 17.8 Å². The number of aliphatic hydroxyl groups is 1. The number of benzene rings is 1. The zero-order valence-corrected chi connectivity index (χ0v) is 18.2. The summed E-state index contributed by atoms with van der Waals surface area (Å²) in [6.45, 7) is 2.72. The summed E-state index contributed by atoms with van der Waals surface area (Å²) >= 11 is 0. The molecule has 2 N–H and O–H groups in total. The lowest BCUT2D eigenvalue weighted by atomic mass is 9.77. The Morgan fingerprint density at radius 2 is 1.87 bits per heavy atom. The molecule has 2 aliphatic rings. The zero-order valence-electron chi connectivity index (χ0n) is 18.2. The van der Waals surface area contributed by atoms with E-state index in [1.54, 1.807) is 26.6 Å². The third kappa shape index (κ3) is 5.17. The van der Waals surface area contributed by atoms with E-state index >= 15 is 0 Å². The maximum atomic E-state index is 12.5. The molecule has 2 fully saturated rings. The number of aromatic nitrogens is 1. The molecule has 0 spiro atoms. The number of amides is 1. The van der Waals surface area contributed by atoms with Crippen molar-refractivity contribution in [1.82, 2.24) is 15.2 Å². The van der Waals surface area contributed by atoms with Gasteiger partial charge in [-0.05, 0) is 48.4 Å². The molecule has 1 saturated heterocycles. The Morgan fingerprint density at radius 1 is 1.13 bits per heavy atom. The highest BCUT2D eigenvalue weighted by atomic mass is 16.5. The number of aliphatic hydroxyl groups excluding tert-OH is 1. The van der Waals surface area contributed by atoms with Crippen molar-refractivity contribution in [3.8, 4) is 11.5 Å². The van der Waals surface area contributed by atoms with Crippen molar-refractivity contribution in [3.05, 3.63) is 53.9 Å². The number of pyridine rings is 1. The molecule has 0 bridgehead atoms. The average molecular weight is 426 g/mol. The average Bonchev–Trinajstić information content (AvgIpc) is 3.15. The van der Waals surface area contributed by atoms with Crippen LogP contribution in [-0.4, -0.2) is 60.4 Å². The molecule has 0 radical (unpaired) electrons. The van der Waals surface area contributed by atoms with Gasteiger partial charge in [0.05, 0.1) is 32.8 Å². The number of methoxy groups -OCH3 is 2. The number of ether oxygens (including phenoxy) is 2. The molecule has 1 aliphatic carbocycles. The number of rotatable bonds is 7. The van der Waals surface area contributed by atoms with Crippen molar-refractivity contribution in [2.24, 2.45) is 11.8 Å². The molecule has 31 heavy (non-hydrogen) atoms. The van der Waals surface area contributed by atoms with Crippen LogP contribution in [0.5, 0.6) is 11.5 Å². The van der Waals surface area contributed by atoms with Gasteiger partial charge in [-0.25, -0.2) is 0 Å². The molecule has 1 aromatic carbocycles. The molecule has 4 rings (SSSR count). The molecule has 2 heterocycles. The van der Waals surface area contributed by atoms with E-state index in [9.17, 15) is 9.90 Å². The minimum Gasteiger partial charge on any atom is -0.497 e. The third-order valence-corrected chi connectivity index (χ3v) is 6.57. The SMILES string of the molecule is COc1ccc(CN2C[C@H]3C[C@H](O)[C@@H](NC(=O)Cc4ccncc4)C[C@H]3C2)c(OC)c1. The minimum atomic E-state index is -0.502. The lowest BCUT2D eigenvalue weighted by Crippen LogP contribution is -2.49. The van der Waals surface area contributed by atoms with E-state index in [4.69, 9.17) is 9.47 Å². The summed E-state index contributed by atoms with van der Waals surface area (Å²) in [4.78, 5) is 18.9. The van der Waals surface area contributed by atoms with Crippen molar-refractivity contribution in [2.75, 3.05) is 27.3 Å². The number of fused-ring (bicyclic) bond motifs is 1. The Kier molecular flexibility index (Phi) is 6.73. The first kappa shape index (κ1) is 21.6. The van der Waals surface area contributed by atoms with Crippen molar-refractivity contribution >= 4 is 5.91 Å². The van der Waals surface area contributed by atoms with Crippen LogP contribution in [0.3, 0.4) is 0 Å². The number of nitrogens with one attached hydrogen (secondary N) is 1. The Labute approximate surface area is 183 Å². The van der Waals surface area contributed by atoms with E-state index in [1.165, 1.54) is 0 Å². The summed E-state index contributed by atoms with van der Waals surface area (Å²) in [5.74, 6) is 2.48. The van der Waals surface area contributed by atoms with Crippen LogP contribution in [0.1, 0.15) is 24.0 Å². The van der Waals surface area contributed by atoms with Crippen molar-refractivity contribution < 1.29 is 19.4 Å². The van der Waals surface area contributed by atoms with Gasteiger partial charge in [0.1, 0.15) is 11.5 Å². The maximum Gasteiger partial charge on any atom is 0.224 e. The first-order valence-electron chi connectivity index (χ1n) is 10.8. The zero-order chi connectivity index (χ0) is 21.8. The Morgan fingerprint density at radius 3 is 2.58 bits per heavy atom. The minimum absolute atomic E-state index is 0.0495. The summed E-state index contributed by atoms with van der Waals surface area (Å²) in [6, 6.07) is 9.42. The molecule has 0 unspecified atom stereocenters. The quantitative estimate of drug-likeness (QED) is 0.706. The predicted octanol–water partition coefficient (Wildman–Crippen LogP) is 2.03. The van der Waals surface area contributed by atoms with Crippen LogP contribution in [0, 0.1) is 11.8 Å². The molecule has 1 aliphatic heterocycles. The molecule has 1 saturated carbocycles. The molecular formula is C24H31N3O4. The highest BCUT2D eigenvalue weighted by Crippen LogP contribution is 2.38. The highest BCUT2D eigenvalue weighted by Gasteiger charge is 2.42. The molecule has 1 aromatic heterocycles. The van der Waals surface area contributed by atoms with Gasteiger partial charge < -0.3 is 19.9 Å². The van der Waals surface area contributed by atoms with Gasteiger partial charge in [-0.3, -0.25) is 14.7 Å². The summed E-state index contributed by atoms with van der Waals surface area (Å²) in [5.41, 5.74) is 2.06. The first-order valence-corrected chi connectivity index (χ1v) is 10.8. The van der Waals surface area contributed by atoms with Crippen LogP contribution in [0.25, 0.3) is 0 Å². The van der Waals surface area contributed by atoms with E-state index in [-0.39, 0.29) is 11.9 Å². The van der Waals surface area contributed by atoms with Crippen molar-refractivity contribution in [1.29, 1.82) is 0 Å². The van der Waals surface area contributed by atoms with Crippen molar-refractivity contribution in [3.63, 3.8) is 0 Å². The monoisotopic (exact) mass is 425 g/mol. The Hall–Kier alpha value is -2.64. The smallest absolute Gasteiger partial charge is 0.224 e. The standard InChI is InChI=1S/C24H31N3O4/c1-30-20-4-3-17(23(12-20)31-2)13-27-14-18-10-21(22(28)11-19(18)15-27)26-24(29)9-16-5-7-25-8-6-16/h3-8,12,18-19,21-22,28H,9-11,13-15H2,1-2H3,(H,26,29)/t18-,19+,21-,22-/m0/s1. The lowest BCUT2D eigenvalue weighted by Gasteiger charge is -2.35. The van der Waals surface area contributed by atoms with Gasteiger partial charge >= 0.3 is 0 Å². The van der Waals surface area contributed by atoms with E-state index in [0.29, 0.717) is 18.3 Å². The summed E-state index contributed by atoms with van der Waals surface area (Å²) < 4.78 is 10.8. The third-order valence-electron chi connectivity index (χ3n) is 6.57. The van der Waals surface area contributed by atoms with Gasteiger partial charge in [-0.2, -0.15) is 0 Å². The highest BCUT2D eigenvalue weighted by molar-refractivity contribution is 5.78. The van der Waals surface area contributed by atoms with Crippen molar-refractivity contribution in [2.45, 2.75) is 38.0 Å². The first-order chi connectivity index (χ1) is 15.1. The molecular weight excluding hydrogens is 394 g/mol. The normalized spacial score (nSPS) is 25.6. The van der Waals surface area contributed by atoms with E-state index in [2.05, 4.69) is 21.3 Å². The van der Waals surface area contributed by atoms with Crippen LogP contribution in [0.15, 0.2) is 42.7 Å². The van der Waals surface area contributed by atoms with Crippen LogP contribution in [0.4, 0.5) is 0 Å². The van der Waals surface area contributed by atoms with Crippen LogP contribution in [0.2, 0.25) is 0 Å². The number of carbonyl (C=O) groups is 1. The largest absolute Gasteiger partial charge is 0.497 e.